The monoisotopic (exact) mass is 481 g/mol. The van der Waals surface area contributed by atoms with E-state index in [0.717, 1.165) is 52.0 Å². The first-order valence-electron chi connectivity index (χ1n) is 11.9. The first-order chi connectivity index (χ1) is 16.5. The maximum atomic E-state index is 13.8. The second kappa shape index (κ2) is 9.51. The number of aliphatic hydroxyl groups excluding tert-OH is 2. The first-order valence-corrected chi connectivity index (χ1v) is 11.9. The van der Waals surface area contributed by atoms with Crippen LogP contribution in [0.1, 0.15) is 69.3 Å². The molecule has 0 radical (unpaired) electrons. The summed E-state index contributed by atoms with van der Waals surface area (Å²) in [5.41, 5.74) is 4.69. The number of aryl methyl sites for hydroxylation is 1. The molecule has 2 heterocycles. The number of nitrogens with zero attached hydrogens (tertiary/aromatic N) is 3. The van der Waals surface area contributed by atoms with Crippen LogP contribution in [0.15, 0.2) is 30.3 Å². The highest BCUT2D eigenvalue weighted by Gasteiger charge is 2.32. The van der Waals surface area contributed by atoms with E-state index in [1.54, 1.807) is 24.3 Å². The number of benzene rings is 1. The summed E-state index contributed by atoms with van der Waals surface area (Å²) in [7, 11) is 0. The van der Waals surface area contributed by atoms with Gasteiger partial charge >= 0.3 is 5.97 Å². The van der Waals surface area contributed by atoms with Gasteiger partial charge in [0.05, 0.1) is 40.9 Å². The quantitative estimate of drug-likeness (QED) is 0.427. The van der Waals surface area contributed by atoms with Crippen molar-refractivity contribution in [1.29, 1.82) is 0 Å². The molecule has 1 fully saturated rings. The average molecular weight is 482 g/mol. The number of fused-ring (bicyclic) bond motifs is 1. The van der Waals surface area contributed by atoms with Gasteiger partial charge < -0.3 is 15.3 Å². The minimum Gasteiger partial charge on any atom is -0.481 e. The highest BCUT2D eigenvalue weighted by molar-refractivity contribution is 6.00. The zero-order valence-electron chi connectivity index (χ0n) is 20.5. The van der Waals surface area contributed by atoms with Gasteiger partial charge in [-0.2, -0.15) is 5.10 Å². The van der Waals surface area contributed by atoms with Crippen LogP contribution >= 0.6 is 0 Å². The maximum absolute atomic E-state index is 13.8. The van der Waals surface area contributed by atoms with Crippen molar-refractivity contribution in [2.75, 3.05) is 0 Å². The minimum atomic E-state index is -1.15. The fraction of sp³-hybridized carbons (Fsp3) is 0.444. The summed E-state index contributed by atoms with van der Waals surface area (Å²) in [6.45, 7) is 8.14. The van der Waals surface area contributed by atoms with Crippen molar-refractivity contribution in [2.45, 2.75) is 77.0 Å². The van der Waals surface area contributed by atoms with Gasteiger partial charge in [-0.1, -0.05) is 24.3 Å². The van der Waals surface area contributed by atoms with Crippen LogP contribution in [0.5, 0.6) is 0 Å². The molecule has 1 aliphatic carbocycles. The summed E-state index contributed by atoms with van der Waals surface area (Å²) in [5.74, 6) is -1.18. The van der Waals surface area contributed by atoms with Crippen LogP contribution in [0.4, 0.5) is 4.39 Å². The molecule has 0 unspecified atom stereocenters. The van der Waals surface area contributed by atoms with E-state index in [1.165, 1.54) is 12.1 Å². The Bertz CT molecular complexity index is 1270. The maximum Gasteiger partial charge on any atom is 0.305 e. The number of aliphatic carboxylic acids is 1. The number of aromatic nitrogens is 3. The Morgan fingerprint density at radius 1 is 1.23 bits per heavy atom. The molecular formula is C27H32FN3O4. The summed E-state index contributed by atoms with van der Waals surface area (Å²) in [6, 6.07) is 6.32. The molecule has 7 nitrogen and oxygen atoms in total. The fourth-order valence-electron chi connectivity index (χ4n) is 4.42. The Kier molecular flexibility index (Phi) is 6.79. The van der Waals surface area contributed by atoms with Crippen molar-refractivity contribution in [3.63, 3.8) is 0 Å². The van der Waals surface area contributed by atoms with Crippen molar-refractivity contribution in [3.8, 4) is 11.1 Å². The van der Waals surface area contributed by atoms with Gasteiger partial charge in [-0.3, -0.25) is 4.79 Å². The summed E-state index contributed by atoms with van der Waals surface area (Å²) in [5, 5.41) is 35.0. The Balaban J connectivity index is 1.91. The second-order valence-corrected chi connectivity index (χ2v) is 10.3. The molecule has 1 saturated carbocycles. The normalized spacial score (nSPS) is 16.2. The Labute approximate surface area is 203 Å². The highest BCUT2D eigenvalue weighted by atomic mass is 19.1. The van der Waals surface area contributed by atoms with Gasteiger partial charge in [0.1, 0.15) is 5.82 Å². The molecule has 0 amide bonds. The van der Waals surface area contributed by atoms with Crippen molar-refractivity contribution in [2.24, 2.45) is 0 Å². The van der Waals surface area contributed by atoms with Crippen molar-refractivity contribution in [1.82, 2.24) is 14.8 Å². The average Bonchev–Trinajstić information content (AvgIpc) is 3.54. The lowest BCUT2D eigenvalue weighted by molar-refractivity contribution is -0.139. The predicted octanol–water partition coefficient (Wildman–Crippen LogP) is 4.78. The number of carboxylic acids is 1. The van der Waals surface area contributed by atoms with Gasteiger partial charge in [-0.05, 0) is 58.2 Å². The van der Waals surface area contributed by atoms with Gasteiger partial charge in [0, 0.05) is 23.5 Å². The molecule has 8 heteroatoms. The zero-order chi connectivity index (χ0) is 25.5. The zero-order valence-corrected chi connectivity index (χ0v) is 20.5. The molecule has 0 saturated heterocycles. The predicted molar refractivity (Wildman–Crippen MR) is 133 cm³/mol. The van der Waals surface area contributed by atoms with E-state index in [1.807, 2.05) is 11.6 Å². The lowest BCUT2D eigenvalue weighted by Crippen LogP contribution is -2.23. The molecule has 3 N–H and O–H groups in total. The van der Waals surface area contributed by atoms with E-state index < -0.39 is 24.6 Å². The number of hydrogen-bond donors (Lipinski definition) is 3. The number of carboxylic acid groups (broad SMARTS) is 1. The third kappa shape index (κ3) is 5.44. The largest absolute Gasteiger partial charge is 0.481 e. The number of halogens is 1. The molecule has 4 rings (SSSR count). The fourth-order valence-corrected chi connectivity index (χ4v) is 4.42. The van der Waals surface area contributed by atoms with Crippen LogP contribution in [0.2, 0.25) is 0 Å². The Hall–Kier alpha value is -3.10. The number of carbonyl (C=O) groups is 1. The number of hydrogen-bond acceptors (Lipinski definition) is 5. The standard InChI is InChI=1S/C27H32FN3O4/c1-15-23-24(16-7-9-18(28)10-8-16)21(12-11-19(32)13-20(33)14-22(34)35)25(17-5-6-17)29-26(23)31(30-15)27(2,3)4/h7-12,17,19-20,32-33H,5-6,13-14H2,1-4H3,(H,34,35)/b12-11+/t19-,20-/m1/s1. The highest BCUT2D eigenvalue weighted by Crippen LogP contribution is 2.46. The van der Waals surface area contributed by atoms with Crippen LogP contribution in [0, 0.1) is 12.7 Å². The molecule has 0 aliphatic heterocycles. The summed E-state index contributed by atoms with van der Waals surface area (Å²) in [6.07, 6.45) is 2.66. The number of aliphatic hydroxyl groups is 2. The van der Waals surface area contributed by atoms with E-state index in [9.17, 15) is 19.4 Å². The summed E-state index contributed by atoms with van der Waals surface area (Å²) < 4.78 is 15.7. The summed E-state index contributed by atoms with van der Waals surface area (Å²) >= 11 is 0. The lowest BCUT2D eigenvalue weighted by Gasteiger charge is -2.21. The summed E-state index contributed by atoms with van der Waals surface area (Å²) in [4.78, 5) is 15.9. The number of pyridine rings is 1. The molecular weight excluding hydrogens is 449 g/mol. The molecule has 1 aliphatic rings. The van der Waals surface area contributed by atoms with Crippen LogP contribution in [-0.2, 0) is 10.3 Å². The van der Waals surface area contributed by atoms with Crippen molar-refractivity contribution < 1.29 is 24.5 Å². The van der Waals surface area contributed by atoms with Crippen LogP contribution in [0.25, 0.3) is 28.2 Å². The van der Waals surface area contributed by atoms with E-state index >= 15 is 0 Å². The van der Waals surface area contributed by atoms with Gasteiger partial charge in [0.15, 0.2) is 5.65 Å². The second-order valence-electron chi connectivity index (χ2n) is 10.3. The van der Waals surface area contributed by atoms with Crippen LogP contribution in [-0.4, -0.2) is 48.3 Å². The van der Waals surface area contributed by atoms with Gasteiger partial charge in [-0.25, -0.2) is 14.1 Å². The van der Waals surface area contributed by atoms with E-state index in [0.29, 0.717) is 0 Å². The molecule has 1 aromatic carbocycles. The molecule has 186 valence electrons. The van der Waals surface area contributed by atoms with Gasteiger partial charge in [0.2, 0.25) is 0 Å². The molecule has 3 aromatic rings. The van der Waals surface area contributed by atoms with E-state index in [-0.39, 0.29) is 23.7 Å². The molecule has 0 spiro atoms. The van der Waals surface area contributed by atoms with Crippen LogP contribution in [0.3, 0.4) is 0 Å². The van der Waals surface area contributed by atoms with E-state index in [2.05, 4.69) is 20.8 Å². The van der Waals surface area contributed by atoms with E-state index in [4.69, 9.17) is 15.2 Å². The molecule has 2 aromatic heterocycles. The van der Waals surface area contributed by atoms with Crippen molar-refractivity contribution in [3.05, 3.63) is 53.1 Å². The minimum absolute atomic E-state index is 0.0932. The Morgan fingerprint density at radius 2 is 1.89 bits per heavy atom. The first kappa shape index (κ1) is 25.0. The topological polar surface area (TPSA) is 108 Å². The smallest absolute Gasteiger partial charge is 0.305 e. The third-order valence-electron chi connectivity index (χ3n) is 6.20. The third-order valence-corrected chi connectivity index (χ3v) is 6.20. The Morgan fingerprint density at radius 3 is 2.46 bits per heavy atom. The SMILES string of the molecule is Cc1nn(C(C)(C)C)c2nc(C3CC3)c(/C=C/[C@@H](O)C[C@@H](O)CC(=O)O)c(-c3ccc(F)cc3)c12. The van der Waals surface area contributed by atoms with Gasteiger partial charge in [0.25, 0.3) is 0 Å². The lowest BCUT2D eigenvalue weighted by atomic mass is 9.92. The van der Waals surface area contributed by atoms with Gasteiger partial charge in [-0.15, -0.1) is 0 Å². The number of rotatable bonds is 8. The van der Waals surface area contributed by atoms with Crippen molar-refractivity contribution >= 4 is 23.1 Å². The molecule has 2 atom stereocenters. The van der Waals surface area contributed by atoms with Crippen LogP contribution < -0.4 is 0 Å². The molecule has 35 heavy (non-hydrogen) atoms. The molecule has 0 bridgehead atoms.